The van der Waals surface area contributed by atoms with Gasteiger partial charge in [-0.3, -0.25) is 0 Å². The first-order chi connectivity index (χ1) is 9.34. The monoisotopic (exact) mass is 319 g/mol. The zero-order chi connectivity index (χ0) is 14.8. The molecule has 0 atom stereocenters. The number of nitrogens with zero attached hydrogens (tertiary/aromatic N) is 3. The van der Waals surface area contributed by atoms with E-state index in [1.165, 1.54) is 17.8 Å². The minimum Gasteiger partial charge on any atom is -0.249 e. The van der Waals surface area contributed by atoms with Crippen molar-refractivity contribution in [1.29, 1.82) is 0 Å². The fraction of sp³-hybridized carbons (Fsp3) is 0.250. The Kier molecular flexibility index (Phi) is 4.49. The molecule has 0 aliphatic heterocycles. The summed E-state index contributed by atoms with van der Waals surface area (Å²) in [5, 5.41) is 0.813. The van der Waals surface area contributed by atoms with Crippen molar-refractivity contribution in [3.8, 4) is 0 Å². The second-order valence-electron chi connectivity index (χ2n) is 3.92. The molecule has 3 nitrogen and oxygen atoms in total. The first kappa shape index (κ1) is 15.1. The van der Waals surface area contributed by atoms with E-state index in [1.807, 2.05) is 0 Å². The Bertz CT molecular complexity index is 582. The maximum Gasteiger partial charge on any atom is 0.417 e. The Morgan fingerprint density at radius 1 is 1.25 bits per heavy atom. The highest BCUT2D eigenvalue weighted by molar-refractivity contribution is 7.98. The minimum atomic E-state index is -4.37. The Morgan fingerprint density at radius 2 is 2.00 bits per heavy atom. The Morgan fingerprint density at radius 3 is 2.55 bits per heavy atom. The summed E-state index contributed by atoms with van der Waals surface area (Å²) < 4.78 is 37.1. The normalized spacial score (nSPS) is 11.7. The van der Waals surface area contributed by atoms with Crippen LogP contribution in [0, 0.1) is 6.92 Å². The smallest absolute Gasteiger partial charge is 0.249 e. The maximum atomic E-state index is 12.4. The van der Waals surface area contributed by atoms with Gasteiger partial charge in [-0.25, -0.2) is 15.0 Å². The molecular weight excluding hydrogens is 311 g/mol. The van der Waals surface area contributed by atoms with Crippen LogP contribution in [-0.4, -0.2) is 15.0 Å². The molecule has 0 radical (unpaired) electrons. The predicted molar refractivity (Wildman–Crippen MR) is 70.6 cm³/mol. The van der Waals surface area contributed by atoms with Gasteiger partial charge in [-0.2, -0.15) is 13.2 Å². The van der Waals surface area contributed by atoms with E-state index < -0.39 is 11.7 Å². The number of aromatic nitrogens is 3. The summed E-state index contributed by atoms with van der Waals surface area (Å²) in [7, 11) is 0. The van der Waals surface area contributed by atoms with Gasteiger partial charge in [-0.05, 0) is 25.1 Å². The van der Waals surface area contributed by atoms with Gasteiger partial charge in [0, 0.05) is 11.9 Å². The Balaban J connectivity index is 2.04. The molecule has 2 aromatic rings. The van der Waals surface area contributed by atoms with Crippen LogP contribution in [0.3, 0.4) is 0 Å². The highest BCUT2D eigenvalue weighted by atomic mass is 35.5. The van der Waals surface area contributed by atoms with Crippen molar-refractivity contribution >= 4 is 23.4 Å². The van der Waals surface area contributed by atoms with Crippen LogP contribution >= 0.6 is 23.4 Å². The van der Waals surface area contributed by atoms with Crippen molar-refractivity contribution in [2.24, 2.45) is 0 Å². The lowest BCUT2D eigenvalue weighted by Crippen LogP contribution is -2.05. The summed E-state index contributed by atoms with van der Waals surface area (Å²) >= 11 is 7.05. The number of aryl methyl sites for hydroxylation is 1. The molecule has 0 saturated heterocycles. The Labute approximate surface area is 122 Å². The average molecular weight is 320 g/mol. The third-order valence-corrected chi connectivity index (χ3v) is 3.42. The summed E-state index contributed by atoms with van der Waals surface area (Å²) in [5.41, 5.74) is -0.0299. The second-order valence-corrected chi connectivity index (χ2v) is 5.30. The van der Waals surface area contributed by atoms with Crippen molar-refractivity contribution < 1.29 is 13.2 Å². The summed E-state index contributed by atoms with van der Waals surface area (Å²) in [6.45, 7) is 1.79. The number of thioether (sulfide) groups is 1. The van der Waals surface area contributed by atoms with Crippen LogP contribution in [0.4, 0.5) is 13.2 Å². The van der Waals surface area contributed by atoms with Crippen molar-refractivity contribution in [1.82, 2.24) is 15.0 Å². The summed E-state index contributed by atoms with van der Waals surface area (Å²) in [6.07, 6.45) is -3.56. The van der Waals surface area contributed by atoms with E-state index in [0.29, 0.717) is 21.8 Å². The zero-order valence-electron chi connectivity index (χ0n) is 10.3. The molecule has 0 amide bonds. The molecule has 0 aliphatic rings. The molecule has 0 aliphatic carbocycles. The molecule has 0 saturated carbocycles. The number of halogens is 4. The van der Waals surface area contributed by atoms with Crippen molar-refractivity contribution in [2.45, 2.75) is 23.9 Å². The molecule has 8 heteroatoms. The summed E-state index contributed by atoms with van der Waals surface area (Å²) in [5.74, 6) is 0.904. The second kappa shape index (κ2) is 5.97. The lowest BCUT2D eigenvalue weighted by atomic mass is 10.3. The van der Waals surface area contributed by atoms with Crippen LogP contribution in [0.5, 0.6) is 0 Å². The van der Waals surface area contributed by atoms with Crippen molar-refractivity contribution in [3.63, 3.8) is 0 Å². The van der Waals surface area contributed by atoms with Crippen molar-refractivity contribution in [3.05, 3.63) is 46.6 Å². The first-order valence-corrected chi connectivity index (χ1v) is 6.87. The molecular formula is C12H9ClF3N3S. The standard InChI is InChI=1S/C12H9ClF3N3S/c1-7-4-9(13)19-10(18-7)6-20-11-3-2-8(5-17-11)12(14,15)16/h2-5H,6H2,1H3. The quantitative estimate of drug-likeness (QED) is 0.629. The summed E-state index contributed by atoms with van der Waals surface area (Å²) in [4.78, 5) is 12.0. The lowest BCUT2D eigenvalue weighted by Gasteiger charge is -2.06. The number of pyridine rings is 1. The van der Waals surface area contributed by atoms with Crippen LogP contribution in [-0.2, 0) is 11.9 Å². The highest BCUT2D eigenvalue weighted by Gasteiger charge is 2.30. The summed E-state index contributed by atoms with van der Waals surface area (Å²) in [6, 6.07) is 3.95. The largest absolute Gasteiger partial charge is 0.417 e. The van der Waals surface area contributed by atoms with E-state index in [2.05, 4.69) is 15.0 Å². The molecule has 0 bridgehead atoms. The lowest BCUT2D eigenvalue weighted by molar-refractivity contribution is -0.137. The van der Waals surface area contributed by atoms with E-state index in [-0.39, 0.29) is 0 Å². The number of rotatable bonds is 3. The molecule has 0 fully saturated rings. The SMILES string of the molecule is Cc1cc(Cl)nc(CSc2ccc(C(F)(F)F)cn2)n1. The van der Waals surface area contributed by atoms with E-state index in [0.717, 1.165) is 18.0 Å². The van der Waals surface area contributed by atoms with Crippen LogP contribution in [0.15, 0.2) is 29.4 Å². The zero-order valence-corrected chi connectivity index (χ0v) is 11.9. The van der Waals surface area contributed by atoms with Gasteiger partial charge in [-0.1, -0.05) is 23.4 Å². The van der Waals surface area contributed by atoms with Gasteiger partial charge in [-0.15, -0.1) is 0 Å². The predicted octanol–water partition coefficient (Wildman–Crippen LogP) is 4.14. The van der Waals surface area contributed by atoms with Gasteiger partial charge in [0.1, 0.15) is 11.0 Å². The molecule has 0 unspecified atom stereocenters. The Hall–Kier alpha value is -1.34. The van der Waals surface area contributed by atoms with Crippen molar-refractivity contribution in [2.75, 3.05) is 0 Å². The molecule has 0 spiro atoms. The minimum absolute atomic E-state index is 0.341. The van der Waals surface area contributed by atoms with Gasteiger partial charge in [0.25, 0.3) is 0 Å². The third kappa shape index (κ3) is 4.08. The fourth-order valence-corrected chi connectivity index (χ4v) is 2.38. The first-order valence-electron chi connectivity index (χ1n) is 5.51. The number of hydrogen-bond acceptors (Lipinski definition) is 4. The van der Waals surface area contributed by atoms with Gasteiger partial charge in [0.2, 0.25) is 0 Å². The van der Waals surface area contributed by atoms with Gasteiger partial charge >= 0.3 is 6.18 Å². The van der Waals surface area contributed by atoms with E-state index >= 15 is 0 Å². The van der Waals surface area contributed by atoms with Crippen LogP contribution < -0.4 is 0 Å². The molecule has 2 rings (SSSR count). The van der Waals surface area contributed by atoms with E-state index in [4.69, 9.17) is 11.6 Å². The molecule has 20 heavy (non-hydrogen) atoms. The van der Waals surface area contributed by atoms with Crippen LogP contribution in [0.2, 0.25) is 5.15 Å². The van der Waals surface area contributed by atoms with Gasteiger partial charge < -0.3 is 0 Å². The van der Waals surface area contributed by atoms with Gasteiger partial charge in [0.15, 0.2) is 0 Å². The third-order valence-electron chi connectivity index (χ3n) is 2.28. The molecule has 0 aromatic carbocycles. The van der Waals surface area contributed by atoms with E-state index in [1.54, 1.807) is 13.0 Å². The molecule has 0 N–H and O–H groups in total. The maximum absolute atomic E-state index is 12.4. The number of hydrogen-bond donors (Lipinski definition) is 0. The average Bonchev–Trinajstić information content (AvgIpc) is 2.35. The van der Waals surface area contributed by atoms with Crippen LogP contribution in [0.25, 0.3) is 0 Å². The highest BCUT2D eigenvalue weighted by Crippen LogP contribution is 2.30. The molecule has 2 aromatic heterocycles. The fourth-order valence-electron chi connectivity index (χ4n) is 1.43. The topological polar surface area (TPSA) is 38.7 Å². The molecule has 106 valence electrons. The van der Waals surface area contributed by atoms with Gasteiger partial charge in [0.05, 0.1) is 16.3 Å². The number of alkyl halides is 3. The van der Waals surface area contributed by atoms with E-state index in [9.17, 15) is 13.2 Å². The van der Waals surface area contributed by atoms with Crippen LogP contribution in [0.1, 0.15) is 17.1 Å². The molecule has 2 heterocycles.